The van der Waals surface area contributed by atoms with Crippen LogP contribution in [0.1, 0.15) is 58.3 Å². The van der Waals surface area contributed by atoms with Gasteiger partial charge in [0.05, 0.1) is 18.8 Å². The van der Waals surface area contributed by atoms with Gasteiger partial charge in [-0.3, -0.25) is 0 Å². The van der Waals surface area contributed by atoms with E-state index in [2.05, 4.69) is 90.1 Å². The Bertz CT molecular complexity index is 1780. The summed E-state index contributed by atoms with van der Waals surface area (Å²) in [6.07, 6.45) is -2.76. The third-order valence-corrected chi connectivity index (χ3v) is 20.8. The van der Waals surface area contributed by atoms with Gasteiger partial charge in [0.15, 0.2) is 0 Å². The van der Waals surface area contributed by atoms with Gasteiger partial charge in [-0.05, 0) is 49.7 Å². The highest BCUT2D eigenvalue weighted by molar-refractivity contribution is 6.99. The molecule has 0 radical (unpaired) electrons. The maximum absolute atomic E-state index is 13.2. The zero-order valence-electron chi connectivity index (χ0n) is 31.3. The topological polar surface area (TPSA) is 79.2 Å². The lowest BCUT2D eigenvalue weighted by molar-refractivity contribution is -0.209. The maximum atomic E-state index is 13.2. The van der Waals surface area contributed by atoms with Crippen LogP contribution in [0.5, 0.6) is 0 Å². The summed E-state index contributed by atoms with van der Waals surface area (Å²) < 4.78 is 14.6. The Hall–Kier alpha value is -3.67. The van der Waals surface area contributed by atoms with Gasteiger partial charge in [-0.1, -0.05) is 186 Å². The Labute approximate surface area is 312 Å². The summed E-state index contributed by atoms with van der Waals surface area (Å²) in [5, 5.41) is 27.0. The molecule has 1 heterocycles. The molecule has 1 aliphatic rings. The second-order valence-electron chi connectivity index (χ2n) is 16.1. The number of aliphatic hydroxyl groups is 2. The van der Waals surface area contributed by atoms with E-state index in [4.69, 9.17) is 9.16 Å². The van der Waals surface area contributed by atoms with Crippen molar-refractivity contribution in [3.8, 4) is 0 Å². The molecule has 272 valence electrons. The van der Waals surface area contributed by atoms with Crippen molar-refractivity contribution in [2.45, 2.75) is 82.5 Å². The van der Waals surface area contributed by atoms with Crippen LogP contribution in [0.4, 0.5) is 0 Å². The highest BCUT2D eigenvalue weighted by Crippen LogP contribution is 2.50. The largest absolute Gasteiger partial charge is 0.424 e. The summed E-state index contributed by atoms with van der Waals surface area (Å²) in [6.45, 7) is 12.6. The minimum absolute atomic E-state index is 0.314. The highest BCUT2D eigenvalue weighted by atomic mass is 28.4. The maximum Gasteiger partial charge on any atom is 0.261 e. The molecular weight excluding hydrogens is 677 g/mol. The van der Waals surface area contributed by atoms with E-state index < -0.39 is 52.0 Å². The van der Waals surface area contributed by atoms with Crippen LogP contribution in [-0.2, 0) is 9.16 Å². The monoisotopic (exact) mass is 730 g/mol. The van der Waals surface area contributed by atoms with Gasteiger partial charge < -0.3 is 24.2 Å². The summed E-state index contributed by atoms with van der Waals surface area (Å²) in [5.41, 5.74) is 2.05. The van der Waals surface area contributed by atoms with Gasteiger partial charge in [-0.2, -0.15) is 0 Å². The zero-order valence-corrected chi connectivity index (χ0v) is 33.3. The normalized spacial score (nSPS) is 21.5. The van der Waals surface area contributed by atoms with E-state index >= 15 is 0 Å². The van der Waals surface area contributed by atoms with Gasteiger partial charge in [0, 0.05) is 5.92 Å². The molecule has 6 rings (SSSR count). The standard InChI is InChI=1S/C45H54O5Si2/c1-33-27-29-34(30-28-33)42-39(31-45(5,6)51(48,35-19-11-7-12-20-35)36-21-13-8-14-22-36)41(47)43(40(32-46)49-42)50-52(44(2,3)4,37-23-15-9-16-24-37)38-25-17-10-18-26-38/h7-30,39-43,46-48H,31-32H2,1-6H3/t39?,40-,41-,42+,43?/m1/s1. The van der Waals surface area contributed by atoms with Crippen molar-refractivity contribution in [2.75, 3.05) is 6.61 Å². The Morgan fingerprint density at radius 2 is 1.06 bits per heavy atom. The van der Waals surface area contributed by atoms with E-state index in [0.29, 0.717) is 6.42 Å². The number of benzene rings is 5. The summed E-state index contributed by atoms with van der Waals surface area (Å²) in [6, 6.07) is 49.0. The molecule has 2 unspecified atom stereocenters. The molecule has 0 aliphatic carbocycles. The number of hydrogen-bond donors (Lipinski definition) is 3. The third-order valence-electron chi connectivity index (χ3n) is 11.3. The van der Waals surface area contributed by atoms with E-state index in [9.17, 15) is 15.0 Å². The molecule has 0 bridgehead atoms. The Morgan fingerprint density at radius 3 is 1.46 bits per heavy atom. The van der Waals surface area contributed by atoms with E-state index in [-0.39, 0.29) is 11.6 Å². The first-order valence-corrected chi connectivity index (χ1v) is 22.3. The Kier molecular flexibility index (Phi) is 11.2. The first kappa shape index (κ1) is 38.1. The highest BCUT2D eigenvalue weighted by Gasteiger charge is 2.58. The molecule has 1 aliphatic heterocycles. The summed E-state index contributed by atoms with van der Waals surface area (Å²) in [5.74, 6) is -0.477. The fourth-order valence-corrected chi connectivity index (χ4v) is 17.0. The zero-order chi connectivity index (χ0) is 37.1. The quantitative estimate of drug-likeness (QED) is 0.140. The molecule has 0 amide bonds. The van der Waals surface area contributed by atoms with Gasteiger partial charge in [0.1, 0.15) is 12.2 Å². The van der Waals surface area contributed by atoms with Crippen molar-refractivity contribution < 1.29 is 24.2 Å². The second-order valence-corrected chi connectivity index (χ2v) is 24.3. The first-order chi connectivity index (χ1) is 24.8. The molecule has 1 fully saturated rings. The SMILES string of the molecule is Cc1ccc([C@@H]2O[C@H](CO)C(O[Si](c3ccccc3)(c3ccccc3)C(C)(C)C)[C@H](O)C2CC(C)(C)[Si](O)(c2ccccc2)c2ccccc2)cc1. The van der Waals surface area contributed by atoms with E-state index in [0.717, 1.165) is 31.9 Å². The summed E-state index contributed by atoms with van der Waals surface area (Å²) in [4.78, 5) is 13.2. The van der Waals surface area contributed by atoms with Gasteiger partial charge in [-0.15, -0.1) is 0 Å². The Balaban J connectivity index is 1.50. The minimum atomic E-state index is -3.46. The van der Waals surface area contributed by atoms with Crippen molar-refractivity contribution in [1.29, 1.82) is 0 Å². The van der Waals surface area contributed by atoms with Gasteiger partial charge >= 0.3 is 0 Å². The van der Waals surface area contributed by atoms with Gasteiger partial charge in [-0.25, -0.2) is 0 Å². The molecule has 1 saturated heterocycles. The second kappa shape index (κ2) is 15.4. The van der Waals surface area contributed by atoms with Crippen LogP contribution >= 0.6 is 0 Å². The fourth-order valence-electron chi connectivity index (χ4n) is 8.55. The van der Waals surface area contributed by atoms with Crippen molar-refractivity contribution >= 4 is 37.4 Å². The molecule has 5 nitrogen and oxygen atoms in total. The lowest BCUT2D eigenvalue weighted by Crippen LogP contribution is -2.71. The molecule has 0 spiro atoms. The lowest BCUT2D eigenvalue weighted by atomic mass is 9.78. The third kappa shape index (κ3) is 7.04. The lowest BCUT2D eigenvalue weighted by Gasteiger charge is -2.53. The summed E-state index contributed by atoms with van der Waals surface area (Å²) in [7, 11) is -6.63. The minimum Gasteiger partial charge on any atom is -0.424 e. The van der Waals surface area contributed by atoms with Crippen LogP contribution in [0.2, 0.25) is 10.1 Å². The predicted molar refractivity (Wildman–Crippen MR) is 217 cm³/mol. The van der Waals surface area contributed by atoms with Crippen LogP contribution in [0.25, 0.3) is 0 Å². The molecule has 5 atom stereocenters. The average molecular weight is 731 g/mol. The molecule has 52 heavy (non-hydrogen) atoms. The van der Waals surface area contributed by atoms with Crippen LogP contribution in [-0.4, -0.2) is 56.6 Å². The molecule has 5 aromatic carbocycles. The Morgan fingerprint density at radius 1 is 0.635 bits per heavy atom. The predicted octanol–water partition coefficient (Wildman–Crippen LogP) is 6.27. The van der Waals surface area contributed by atoms with Gasteiger partial charge in [0.2, 0.25) is 0 Å². The number of aryl methyl sites for hydroxylation is 1. The smallest absolute Gasteiger partial charge is 0.261 e. The van der Waals surface area contributed by atoms with Crippen molar-refractivity contribution in [3.63, 3.8) is 0 Å². The molecule has 3 N–H and O–H groups in total. The van der Waals surface area contributed by atoms with Crippen LogP contribution in [0.3, 0.4) is 0 Å². The molecular formula is C45H54O5Si2. The van der Waals surface area contributed by atoms with Crippen molar-refractivity contribution in [1.82, 2.24) is 0 Å². The van der Waals surface area contributed by atoms with E-state index in [1.54, 1.807) is 0 Å². The van der Waals surface area contributed by atoms with Crippen LogP contribution in [0.15, 0.2) is 146 Å². The van der Waals surface area contributed by atoms with Crippen molar-refractivity contribution in [2.24, 2.45) is 5.92 Å². The first-order valence-electron chi connectivity index (χ1n) is 18.5. The molecule has 0 saturated carbocycles. The molecule has 0 aromatic heterocycles. The fraction of sp³-hybridized carbons (Fsp3) is 0.333. The number of aliphatic hydroxyl groups excluding tert-OH is 2. The number of ether oxygens (including phenoxy) is 1. The van der Waals surface area contributed by atoms with Crippen LogP contribution in [0, 0.1) is 12.8 Å². The van der Waals surface area contributed by atoms with Crippen LogP contribution < -0.4 is 20.7 Å². The van der Waals surface area contributed by atoms with E-state index in [1.807, 2.05) is 97.1 Å². The molecule has 7 heteroatoms. The number of hydrogen-bond acceptors (Lipinski definition) is 5. The van der Waals surface area contributed by atoms with E-state index in [1.165, 1.54) is 0 Å². The summed E-state index contributed by atoms with van der Waals surface area (Å²) >= 11 is 0. The molecule has 5 aromatic rings. The number of rotatable bonds is 11. The van der Waals surface area contributed by atoms with Gasteiger partial charge in [0.25, 0.3) is 16.6 Å². The van der Waals surface area contributed by atoms with Crippen molar-refractivity contribution in [3.05, 3.63) is 157 Å². The average Bonchev–Trinajstić information content (AvgIpc) is 3.16.